The lowest BCUT2D eigenvalue weighted by atomic mass is 10.3. The molecular weight excluding hydrogens is 242 g/mol. The van der Waals surface area contributed by atoms with Gasteiger partial charge in [-0.2, -0.15) is 0 Å². The molecule has 0 aliphatic carbocycles. The summed E-state index contributed by atoms with van der Waals surface area (Å²) in [5, 5.41) is 10.6. The first-order valence-electron chi connectivity index (χ1n) is 4.83. The number of thioether (sulfide) groups is 1. The molecule has 0 aliphatic rings. The maximum Gasteiger partial charge on any atom is 0.344 e. The number of hydrogen-bond donors (Lipinski definition) is 0. The van der Waals surface area contributed by atoms with Crippen molar-refractivity contribution in [3.05, 3.63) is 45.9 Å². The zero-order chi connectivity index (χ0) is 12.8. The van der Waals surface area contributed by atoms with E-state index in [9.17, 15) is 14.9 Å². The molecule has 0 saturated heterocycles. The Labute approximate surface area is 103 Å². The second-order valence-corrected chi connectivity index (χ2v) is 4.17. The fourth-order valence-corrected chi connectivity index (χ4v) is 1.81. The van der Waals surface area contributed by atoms with Crippen LogP contribution in [0.2, 0.25) is 0 Å². The van der Waals surface area contributed by atoms with Crippen molar-refractivity contribution in [1.29, 1.82) is 0 Å². The first-order chi connectivity index (χ1) is 8.04. The van der Waals surface area contributed by atoms with Gasteiger partial charge in [0.15, 0.2) is 0 Å². The van der Waals surface area contributed by atoms with Crippen LogP contribution in [0.5, 0.6) is 0 Å². The maximum atomic E-state index is 11.3. The highest BCUT2D eigenvalue weighted by Crippen LogP contribution is 2.28. The number of non-ortho nitro benzene ring substituents is 1. The predicted molar refractivity (Wildman–Crippen MR) is 64.7 cm³/mol. The van der Waals surface area contributed by atoms with Gasteiger partial charge in [0, 0.05) is 17.0 Å². The summed E-state index contributed by atoms with van der Waals surface area (Å²) in [6, 6.07) is 5.99. The highest BCUT2D eigenvalue weighted by atomic mass is 32.2. The van der Waals surface area contributed by atoms with Crippen molar-refractivity contribution in [3.8, 4) is 0 Å². The maximum absolute atomic E-state index is 11.3. The third-order valence-corrected chi connectivity index (χ3v) is 2.68. The molecule has 0 radical (unpaired) electrons. The van der Waals surface area contributed by atoms with E-state index in [1.54, 1.807) is 19.1 Å². The Morgan fingerprint density at radius 2 is 2.29 bits per heavy atom. The molecule has 17 heavy (non-hydrogen) atoms. The van der Waals surface area contributed by atoms with Gasteiger partial charge in [-0.15, -0.1) is 0 Å². The summed E-state index contributed by atoms with van der Waals surface area (Å²) in [5.74, 6) is -0.510. The first-order valence-corrected chi connectivity index (χ1v) is 5.64. The van der Waals surface area contributed by atoms with E-state index in [1.807, 2.05) is 0 Å². The van der Waals surface area contributed by atoms with E-state index in [0.29, 0.717) is 4.90 Å². The third kappa shape index (κ3) is 3.92. The number of benzene rings is 1. The summed E-state index contributed by atoms with van der Waals surface area (Å²) in [5.41, 5.74) is -0.0216. The molecule has 0 aliphatic heterocycles. The van der Waals surface area contributed by atoms with E-state index in [4.69, 9.17) is 4.74 Å². The predicted octanol–water partition coefficient (Wildman–Crippen LogP) is 2.76. The highest BCUT2D eigenvalue weighted by molar-refractivity contribution is 8.04. The molecule has 6 heteroatoms. The van der Waals surface area contributed by atoms with Crippen LogP contribution in [-0.2, 0) is 9.53 Å². The Hall–Kier alpha value is -1.82. The van der Waals surface area contributed by atoms with Crippen LogP contribution in [0, 0.1) is 10.1 Å². The van der Waals surface area contributed by atoms with E-state index in [0.717, 1.165) is 11.8 Å². The SMILES string of the molecule is C=C(Sc1cccc([N+](=O)[O-])c1)C(=O)OCC. The number of nitro benzene ring substituents is 1. The van der Waals surface area contributed by atoms with E-state index in [1.165, 1.54) is 12.1 Å². The standard InChI is InChI=1S/C11H11NO4S/c1-3-16-11(13)8(2)17-10-6-4-5-9(7-10)12(14)15/h4-7H,2-3H2,1H3. The van der Waals surface area contributed by atoms with Crippen molar-refractivity contribution in [2.75, 3.05) is 6.61 Å². The smallest absolute Gasteiger partial charge is 0.344 e. The number of carbonyl (C=O) groups is 1. The lowest BCUT2D eigenvalue weighted by molar-refractivity contribution is -0.385. The van der Waals surface area contributed by atoms with Crippen molar-refractivity contribution in [1.82, 2.24) is 0 Å². The average molecular weight is 253 g/mol. The van der Waals surface area contributed by atoms with Gasteiger partial charge in [-0.05, 0) is 13.0 Å². The minimum Gasteiger partial charge on any atom is -0.462 e. The van der Waals surface area contributed by atoms with Crippen molar-refractivity contribution in [3.63, 3.8) is 0 Å². The number of esters is 1. The summed E-state index contributed by atoms with van der Waals surface area (Å²) in [7, 11) is 0. The molecule has 0 bridgehead atoms. The van der Waals surface area contributed by atoms with Crippen molar-refractivity contribution in [2.45, 2.75) is 11.8 Å². The summed E-state index contributed by atoms with van der Waals surface area (Å²) in [4.78, 5) is 22.1. The molecule has 90 valence electrons. The summed E-state index contributed by atoms with van der Waals surface area (Å²) < 4.78 is 4.76. The Kier molecular flexibility index (Phi) is 4.71. The molecule has 1 aromatic carbocycles. The van der Waals surface area contributed by atoms with Gasteiger partial charge in [-0.1, -0.05) is 24.4 Å². The monoisotopic (exact) mass is 253 g/mol. The van der Waals surface area contributed by atoms with E-state index >= 15 is 0 Å². The summed E-state index contributed by atoms with van der Waals surface area (Å²) in [6.07, 6.45) is 0. The number of carbonyl (C=O) groups excluding carboxylic acids is 1. The summed E-state index contributed by atoms with van der Waals surface area (Å²) >= 11 is 1.05. The van der Waals surface area contributed by atoms with Crippen LogP contribution in [0.3, 0.4) is 0 Å². The number of ether oxygens (including phenoxy) is 1. The molecule has 1 aromatic rings. The van der Waals surface area contributed by atoms with Gasteiger partial charge in [0.2, 0.25) is 0 Å². The molecule has 0 N–H and O–H groups in total. The van der Waals surface area contributed by atoms with Crippen LogP contribution in [-0.4, -0.2) is 17.5 Å². The molecule has 0 unspecified atom stereocenters. The number of nitro groups is 1. The lowest BCUT2D eigenvalue weighted by Gasteiger charge is -2.04. The van der Waals surface area contributed by atoms with Crippen LogP contribution in [0.25, 0.3) is 0 Å². The quantitative estimate of drug-likeness (QED) is 0.265. The largest absolute Gasteiger partial charge is 0.462 e. The minimum atomic E-state index is -0.510. The minimum absolute atomic E-state index is 0.0216. The van der Waals surface area contributed by atoms with Crippen molar-refractivity contribution in [2.24, 2.45) is 0 Å². The zero-order valence-electron chi connectivity index (χ0n) is 9.21. The molecular formula is C11H11NO4S. The Bertz CT molecular complexity index is 459. The molecule has 0 spiro atoms. The van der Waals surface area contributed by atoms with E-state index in [2.05, 4.69) is 6.58 Å². The Morgan fingerprint density at radius 3 is 2.88 bits per heavy atom. The second-order valence-electron chi connectivity index (χ2n) is 3.00. The normalized spacial score (nSPS) is 9.71. The average Bonchev–Trinajstić information content (AvgIpc) is 2.29. The first kappa shape index (κ1) is 13.2. The molecule has 0 atom stereocenters. The number of nitrogens with zero attached hydrogens (tertiary/aromatic N) is 1. The molecule has 5 nitrogen and oxygen atoms in total. The number of rotatable bonds is 5. The van der Waals surface area contributed by atoms with Crippen LogP contribution in [0.15, 0.2) is 40.6 Å². The fourth-order valence-electron chi connectivity index (χ4n) is 1.06. The topological polar surface area (TPSA) is 69.4 Å². The number of hydrogen-bond acceptors (Lipinski definition) is 5. The molecule has 1 rings (SSSR count). The van der Waals surface area contributed by atoms with Crippen LogP contribution in [0.4, 0.5) is 5.69 Å². The molecule has 0 saturated carbocycles. The molecule has 0 fully saturated rings. The van der Waals surface area contributed by atoms with Gasteiger partial charge in [0.25, 0.3) is 5.69 Å². The van der Waals surface area contributed by atoms with Gasteiger partial charge in [-0.25, -0.2) is 4.79 Å². The fraction of sp³-hybridized carbons (Fsp3) is 0.182. The van der Waals surface area contributed by atoms with Crippen LogP contribution >= 0.6 is 11.8 Å². The van der Waals surface area contributed by atoms with Gasteiger partial charge < -0.3 is 4.74 Å². The summed E-state index contributed by atoms with van der Waals surface area (Å²) in [6.45, 7) is 5.53. The third-order valence-electron chi connectivity index (χ3n) is 1.77. The Balaban J connectivity index is 2.75. The van der Waals surface area contributed by atoms with E-state index < -0.39 is 10.9 Å². The van der Waals surface area contributed by atoms with Crippen LogP contribution in [0.1, 0.15) is 6.92 Å². The van der Waals surface area contributed by atoms with Crippen molar-refractivity contribution < 1.29 is 14.5 Å². The molecule has 0 aromatic heterocycles. The lowest BCUT2D eigenvalue weighted by Crippen LogP contribution is -2.04. The van der Waals surface area contributed by atoms with Gasteiger partial charge in [0.05, 0.1) is 16.4 Å². The second kappa shape index (κ2) is 6.05. The van der Waals surface area contributed by atoms with Gasteiger partial charge >= 0.3 is 5.97 Å². The van der Waals surface area contributed by atoms with Gasteiger partial charge in [0.1, 0.15) is 0 Å². The zero-order valence-corrected chi connectivity index (χ0v) is 10.0. The molecule has 0 heterocycles. The molecule has 0 amide bonds. The van der Waals surface area contributed by atoms with E-state index in [-0.39, 0.29) is 17.2 Å². The highest BCUT2D eigenvalue weighted by Gasteiger charge is 2.12. The van der Waals surface area contributed by atoms with Crippen molar-refractivity contribution >= 4 is 23.4 Å². The van der Waals surface area contributed by atoms with Crippen LogP contribution < -0.4 is 0 Å². The van der Waals surface area contributed by atoms with Gasteiger partial charge in [-0.3, -0.25) is 10.1 Å². The Morgan fingerprint density at radius 1 is 1.59 bits per heavy atom.